The van der Waals surface area contributed by atoms with Crippen LogP contribution >= 0.6 is 0 Å². The van der Waals surface area contributed by atoms with Gasteiger partial charge >= 0.3 is 0 Å². The van der Waals surface area contributed by atoms with Crippen molar-refractivity contribution in [2.45, 2.75) is 26.7 Å². The Hall–Kier alpha value is -4.56. The molecule has 3 heterocycles. The third-order valence-electron chi connectivity index (χ3n) is 6.69. The molecule has 0 radical (unpaired) electrons. The Bertz CT molecular complexity index is 1640. The third kappa shape index (κ3) is 6.35. The van der Waals surface area contributed by atoms with E-state index in [-0.39, 0.29) is 5.78 Å². The molecule has 8 nitrogen and oxygen atoms in total. The Labute approximate surface area is 235 Å². The zero-order chi connectivity index (χ0) is 28.1. The molecular weight excluding hydrogens is 498 g/mol. The van der Waals surface area contributed by atoms with Crippen LogP contribution in [0.4, 0.5) is 17.3 Å². The Morgan fingerprint density at radius 2 is 1.82 bits per heavy atom. The normalized spacial score (nSPS) is 11.2. The summed E-state index contributed by atoms with van der Waals surface area (Å²) in [5, 5.41) is 11.8. The van der Waals surface area contributed by atoms with E-state index in [2.05, 4.69) is 58.9 Å². The number of carbonyl (C=O) groups excluding carboxylic acids is 1. The second kappa shape index (κ2) is 12.1. The van der Waals surface area contributed by atoms with Gasteiger partial charge in [0.05, 0.1) is 16.8 Å². The van der Waals surface area contributed by atoms with E-state index in [0.717, 1.165) is 63.6 Å². The first-order valence-corrected chi connectivity index (χ1v) is 13.6. The number of benzene rings is 2. The average molecular weight is 534 g/mol. The van der Waals surface area contributed by atoms with Gasteiger partial charge in [0.1, 0.15) is 11.5 Å². The van der Waals surface area contributed by atoms with Crippen molar-refractivity contribution in [3.8, 4) is 22.5 Å². The fourth-order valence-electron chi connectivity index (χ4n) is 4.61. The maximum Gasteiger partial charge on any atom is 0.227 e. The molecule has 3 aromatic heterocycles. The van der Waals surface area contributed by atoms with Crippen LogP contribution in [-0.4, -0.2) is 57.5 Å². The molecule has 0 aliphatic carbocycles. The lowest BCUT2D eigenvalue weighted by atomic mass is 9.99. The van der Waals surface area contributed by atoms with Gasteiger partial charge in [0.15, 0.2) is 0 Å². The van der Waals surface area contributed by atoms with Gasteiger partial charge in [-0.2, -0.15) is 5.10 Å². The molecule has 5 aromatic rings. The summed E-state index contributed by atoms with van der Waals surface area (Å²) in [6.07, 6.45) is 4.72. The summed E-state index contributed by atoms with van der Waals surface area (Å²) in [7, 11) is 4.12. The maximum absolute atomic E-state index is 12.1. The van der Waals surface area contributed by atoms with Gasteiger partial charge in [0, 0.05) is 55.3 Å². The molecule has 0 bridgehead atoms. The standard InChI is InChI=1S/C32H35N7O/c1-5-27(40)19-23-8-6-9-24(18-23)31-30(29-13-12-22(2)21-39(29)37-31)28-14-15-34-32(36-28)35-26-11-7-10-25(20-26)33-16-17-38(3)4/h6-15,18,20-21,33H,5,16-17,19H2,1-4H3,(H,34,35,36). The van der Waals surface area contributed by atoms with Crippen LogP contribution in [0.1, 0.15) is 24.5 Å². The lowest BCUT2D eigenvalue weighted by Crippen LogP contribution is -2.20. The minimum absolute atomic E-state index is 0.214. The lowest BCUT2D eigenvalue weighted by Gasteiger charge is -2.13. The Balaban J connectivity index is 1.50. The van der Waals surface area contributed by atoms with E-state index in [4.69, 9.17) is 10.1 Å². The first-order chi connectivity index (χ1) is 19.4. The Kier molecular flexibility index (Phi) is 8.17. The molecule has 5 rings (SSSR count). The minimum Gasteiger partial charge on any atom is -0.384 e. The minimum atomic E-state index is 0.214. The van der Waals surface area contributed by atoms with Gasteiger partial charge in [-0.25, -0.2) is 14.5 Å². The monoisotopic (exact) mass is 533 g/mol. The molecule has 0 saturated carbocycles. The first kappa shape index (κ1) is 27.0. The van der Waals surface area contributed by atoms with E-state index < -0.39 is 0 Å². The van der Waals surface area contributed by atoms with Crippen molar-refractivity contribution in [1.29, 1.82) is 0 Å². The molecule has 0 amide bonds. The highest BCUT2D eigenvalue weighted by atomic mass is 16.1. The van der Waals surface area contributed by atoms with Crippen LogP contribution in [0.3, 0.4) is 0 Å². The highest BCUT2D eigenvalue weighted by Gasteiger charge is 2.19. The molecule has 2 N–H and O–H groups in total. The number of nitrogens with one attached hydrogen (secondary N) is 2. The van der Waals surface area contributed by atoms with Crippen LogP contribution < -0.4 is 10.6 Å². The summed E-state index contributed by atoms with van der Waals surface area (Å²) >= 11 is 0. The van der Waals surface area contributed by atoms with Crippen molar-refractivity contribution < 1.29 is 4.79 Å². The number of carbonyl (C=O) groups is 1. The number of pyridine rings is 1. The van der Waals surface area contributed by atoms with Gasteiger partial charge in [-0.05, 0) is 68.5 Å². The molecule has 0 saturated heterocycles. The van der Waals surface area contributed by atoms with Gasteiger partial charge in [-0.15, -0.1) is 0 Å². The average Bonchev–Trinajstić information content (AvgIpc) is 3.32. The maximum atomic E-state index is 12.1. The quantitative estimate of drug-likeness (QED) is 0.215. The molecule has 40 heavy (non-hydrogen) atoms. The molecule has 2 aromatic carbocycles. The van der Waals surface area contributed by atoms with E-state index in [1.807, 2.05) is 67.0 Å². The van der Waals surface area contributed by atoms with Crippen molar-refractivity contribution >= 4 is 28.6 Å². The van der Waals surface area contributed by atoms with Crippen molar-refractivity contribution in [2.75, 3.05) is 37.8 Å². The SMILES string of the molecule is CCC(=O)Cc1cccc(-c2nn3cc(C)ccc3c2-c2ccnc(Nc3cccc(NCCN(C)C)c3)n2)c1. The molecule has 8 heteroatoms. The van der Waals surface area contributed by atoms with Crippen LogP contribution in [0.2, 0.25) is 0 Å². The lowest BCUT2D eigenvalue weighted by molar-refractivity contribution is -0.118. The van der Waals surface area contributed by atoms with Gasteiger partial charge in [0.2, 0.25) is 5.95 Å². The molecule has 204 valence electrons. The number of rotatable bonds is 11. The van der Waals surface area contributed by atoms with Crippen molar-refractivity contribution in [1.82, 2.24) is 24.5 Å². The molecule has 0 atom stereocenters. The van der Waals surface area contributed by atoms with Crippen LogP contribution in [-0.2, 0) is 11.2 Å². The summed E-state index contributed by atoms with van der Waals surface area (Å²) in [5.74, 6) is 0.717. The van der Waals surface area contributed by atoms with Gasteiger partial charge in [0.25, 0.3) is 0 Å². The number of hydrogen-bond donors (Lipinski definition) is 2. The molecule has 0 fully saturated rings. The fourth-order valence-corrected chi connectivity index (χ4v) is 4.61. The van der Waals surface area contributed by atoms with Crippen molar-refractivity contribution in [2.24, 2.45) is 0 Å². The second-order valence-electron chi connectivity index (χ2n) is 10.2. The second-order valence-corrected chi connectivity index (χ2v) is 10.2. The van der Waals surface area contributed by atoms with E-state index in [1.165, 1.54) is 0 Å². The summed E-state index contributed by atoms with van der Waals surface area (Å²) in [5.41, 5.74) is 8.42. The smallest absolute Gasteiger partial charge is 0.227 e. The predicted molar refractivity (Wildman–Crippen MR) is 162 cm³/mol. The summed E-state index contributed by atoms with van der Waals surface area (Å²) < 4.78 is 1.90. The largest absolute Gasteiger partial charge is 0.384 e. The Morgan fingerprint density at radius 3 is 2.65 bits per heavy atom. The highest BCUT2D eigenvalue weighted by Crippen LogP contribution is 2.35. The number of fused-ring (bicyclic) bond motifs is 1. The first-order valence-electron chi connectivity index (χ1n) is 13.6. The van der Waals surface area contributed by atoms with E-state index >= 15 is 0 Å². The van der Waals surface area contributed by atoms with Crippen LogP contribution in [0.25, 0.3) is 28.0 Å². The van der Waals surface area contributed by atoms with Gasteiger partial charge < -0.3 is 15.5 Å². The third-order valence-corrected chi connectivity index (χ3v) is 6.69. The number of likely N-dealkylation sites (N-methyl/N-ethyl adjacent to an activating group) is 1. The van der Waals surface area contributed by atoms with Crippen LogP contribution in [0, 0.1) is 6.92 Å². The molecule has 0 spiro atoms. The van der Waals surface area contributed by atoms with E-state index in [1.54, 1.807) is 6.20 Å². The molecular formula is C32H35N7O. The molecule has 0 aliphatic heterocycles. The number of Topliss-reactive ketones (excluding diaryl/α,β-unsaturated/α-hetero) is 1. The number of hydrogen-bond acceptors (Lipinski definition) is 7. The molecule has 0 aliphatic rings. The summed E-state index contributed by atoms with van der Waals surface area (Å²) in [6, 6.07) is 22.2. The van der Waals surface area contributed by atoms with E-state index in [9.17, 15) is 4.79 Å². The van der Waals surface area contributed by atoms with Crippen LogP contribution in [0.15, 0.2) is 79.1 Å². The molecule has 0 unspecified atom stereocenters. The predicted octanol–water partition coefficient (Wildman–Crippen LogP) is 6.01. The van der Waals surface area contributed by atoms with E-state index in [0.29, 0.717) is 18.8 Å². The van der Waals surface area contributed by atoms with Crippen LogP contribution in [0.5, 0.6) is 0 Å². The number of ketones is 1. The number of anilines is 3. The summed E-state index contributed by atoms with van der Waals surface area (Å²) in [4.78, 5) is 23.7. The number of aromatic nitrogens is 4. The van der Waals surface area contributed by atoms with Crippen molar-refractivity contribution in [3.63, 3.8) is 0 Å². The zero-order valence-corrected chi connectivity index (χ0v) is 23.5. The topological polar surface area (TPSA) is 87.5 Å². The van der Waals surface area contributed by atoms with Gasteiger partial charge in [-0.3, -0.25) is 4.79 Å². The number of nitrogens with zero attached hydrogens (tertiary/aromatic N) is 5. The Morgan fingerprint density at radius 1 is 1.00 bits per heavy atom. The number of aryl methyl sites for hydroxylation is 1. The zero-order valence-electron chi connectivity index (χ0n) is 23.5. The highest BCUT2D eigenvalue weighted by molar-refractivity contribution is 5.91. The summed E-state index contributed by atoms with van der Waals surface area (Å²) in [6.45, 7) is 5.75. The van der Waals surface area contributed by atoms with Gasteiger partial charge in [-0.1, -0.05) is 37.3 Å². The fraction of sp³-hybridized carbons (Fsp3) is 0.250. The van der Waals surface area contributed by atoms with Crippen molar-refractivity contribution in [3.05, 3.63) is 90.3 Å².